The highest BCUT2D eigenvalue weighted by molar-refractivity contribution is 9.09. The fourth-order valence-corrected chi connectivity index (χ4v) is 4.03. The molecule has 112 valence electrons. The molecule has 1 heterocycles. The quantitative estimate of drug-likeness (QED) is 0.724. The van der Waals surface area contributed by atoms with Crippen molar-refractivity contribution in [3.8, 4) is 0 Å². The Morgan fingerprint density at radius 2 is 1.47 bits per heavy atom. The van der Waals surface area contributed by atoms with E-state index in [4.69, 9.17) is 0 Å². The van der Waals surface area contributed by atoms with Crippen molar-refractivity contribution in [1.82, 2.24) is 9.80 Å². The van der Waals surface area contributed by atoms with Gasteiger partial charge in [-0.3, -0.25) is 4.90 Å². The Kier molecular flexibility index (Phi) is 5.17. The fourth-order valence-electron chi connectivity index (χ4n) is 3.29. The van der Waals surface area contributed by atoms with Gasteiger partial charge >= 0.3 is 6.18 Å². The molecule has 0 radical (unpaired) electrons. The molecule has 0 unspecified atom stereocenters. The molecule has 2 nitrogen and oxygen atoms in total. The molecule has 19 heavy (non-hydrogen) atoms. The van der Waals surface area contributed by atoms with Crippen molar-refractivity contribution < 1.29 is 13.2 Å². The molecule has 2 rings (SSSR count). The van der Waals surface area contributed by atoms with Gasteiger partial charge in [0.1, 0.15) is 0 Å². The molecule has 0 amide bonds. The van der Waals surface area contributed by atoms with E-state index in [-0.39, 0.29) is 0 Å². The minimum atomic E-state index is -4.06. The Morgan fingerprint density at radius 1 is 0.947 bits per heavy atom. The lowest BCUT2D eigenvalue weighted by Gasteiger charge is -2.39. The molecule has 0 aromatic carbocycles. The zero-order chi connectivity index (χ0) is 13.9. The second-order valence-electron chi connectivity index (χ2n) is 6.01. The molecule has 0 N–H and O–H groups in total. The van der Waals surface area contributed by atoms with Crippen molar-refractivity contribution in [2.45, 2.75) is 31.9 Å². The lowest BCUT2D eigenvalue weighted by Crippen LogP contribution is -2.51. The predicted octanol–water partition coefficient (Wildman–Crippen LogP) is 3.12. The van der Waals surface area contributed by atoms with Crippen molar-refractivity contribution in [1.29, 1.82) is 0 Å². The Morgan fingerprint density at radius 3 is 1.95 bits per heavy atom. The van der Waals surface area contributed by atoms with E-state index in [1.165, 1.54) is 30.6 Å². The molecule has 1 aliphatic carbocycles. The van der Waals surface area contributed by atoms with Gasteiger partial charge < -0.3 is 4.90 Å². The molecule has 1 saturated carbocycles. The van der Waals surface area contributed by atoms with Crippen LogP contribution in [0.15, 0.2) is 0 Å². The van der Waals surface area contributed by atoms with Crippen molar-refractivity contribution in [3.05, 3.63) is 0 Å². The summed E-state index contributed by atoms with van der Waals surface area (Å²) < 4.78 is 37.0. The maximum atomic E-state index is 12.3. The monoisotopic (exact) mass is 342 g/mol. The number of nitrogens with zero attached hydrogens (tertiary/aromatic N) is 2. The molecule has 1 aliphatic heterocycles. The zero-order valence-electron chi connectivity index (χ0n) is 11.2. The van der Waals surface area contributed by atoms with Crippen LogP contribution < -0.4 is 0 Å². The summed E-state index contributed by atoms with van der Waals surface area (Å²) in [6, 6.07) is 0. The van der Waals surface area contributed by atoms with Crippen molar-refractivity contribution >= 4 is 15.9 Å². The number of rotatable bonds is 4. The predicted molar refractivity (Wildman–Crippen MR) is 73.6 cm³/mol. The van der Waals surface area contributed by atoms with Gasteiger partial charge in [-0.25, -0.2) is 0 Å². The number of halogens is 4. The maximum absolute atomic E-state index is 12.3. The molecule has 6 heteroatoms. The van der Waals surface area contributed by atoms with Crippen LogP contribution in [-0.2, 0) is 0 Å². The highest BCUT2D eigenvalue weighted by Gasteiger charge is 2.36. The van der Waals surface area contributed by atoms with Crippen LogP contribution in [0.2, 0.25) is 0 Å². The van der Waals surface area contributed by atoms with E-state index in [1.807, 2.05) is 0 Å². The van der Waals surface area contributed by atoms with Crippen LogP contribution in [0.25, 0.3) is 0 Å². The smallest absolute Gasteiger partial charge is 0.300 e. The first-order valence-electron chi connectivity index (χ1n) is 7.00. The summed E-state index contributed by atoms with van der Waals surface area (Å²) in [5, 5.41) is 1.02. The third-order valence-corrected chi connectivity index (χ3v) is 5.56. The van der Waals surface area contributed by atoms with Crippen LogP contribution in [0.5, 0.6) is 0 Å². The van der Waals surface area contributed by atoms with Gasteiger partial charge in [0.25, 0.3) is 0 Å². The lowest BCUT2D eigenvalue weighted by atomic mass is 9.88. The SMILES string of the molecule is FC(F)(F)CN1CCN(CC2(CBr)CCCC2)CC1. The van der Waals surface area contributed by atoms with Gasteiger partial charge in [-0.2, -0.15) is 13.2 Å². The van der Waals surface area contributed by atoms with Crippen LogP contribution in [0, 0.1) is 5.41 Å². The average molecular weight is 343 g/mol. The molecule has 0 bridgehead atoms. The van der Waals surface area contributed by atoms with E-state index in [1.54, 1.807) is 0 Å². The molecule has 2 aliphatic rings. The number of piperazine rings is 1. The van der Waals surface area contributed by atoms with Crippen LogP contribution in [0.1, 0.15) is 25.7 Å². The molecular formula is C13H22BrF3N2. The molecule has 0 aromatic rings. The minimum absolute atomic E-state index is 0.367. The Balaban J connectivity index is 1.77. The average Bonchev–Trinajstić information content (AvgIpc) is 2.79. The topological polar surface area (TPSA) is 6.48 Å². The number of hydrogen-bond donors (Lipinski definition) is 0. The normalized spacial score (nSPS) is 25.9. The summed E-state index contributed by atoms with van der Waals surface area (Å²) in [7, 11) is 0. The lowest BCUT2D eigenvalue weighted by molar-refractivity contribution is -0.149. The largest absolute Gasteiger partial charge is 0.401 e. The molecule has 0 atom stereocenters. The van der Waals surface area contributed by atoms with Crippen LogP contribution in [0.3, 0.4) is 0 Å². The number of alkyl halides is 4. The van der Waals surface area contributed by atoms with E-state index in [2.05, 4.69) is 20.8 Å². The van der Waals surface area contributed by atoms with Gasteiger partial charge in [-0.05, 0) is 18.3 Å². The van der Waals surface area contributed by atoms with E-state index < -0.39 is 12.7 Å². The van der Waals surface area contributed by atoms with E-state index in [0.717, 1.165) is 25.0 Å². The summed E-state index contributed by atoms with van der Waals surface area (Å²) in [5.41, 5.74) is 0.367. The Hall–Kier alpha value is 0.190. The molecule has 2 fully saturated rings. The molecule has 0 spiro atoms. The van der Waals surface area contributed by atoms with E-state index in [9.17, 15) is 13.2 Å². The third-order valence-electron chi connectivity index (χ3n) is 4.37. The zero-order valence-corrected chi connectivity index (χ0v) is 12.8. The van der Waals surface area contributed by atoms with E-state index >= 15 is 0 Å². The van der Waals surface area contributed by atoms with Gasteiger partial charge in [0, 0.05) is 38.1 Å². The molecular weight excluding hydrogens is 321 g/mol. The van der Waals surface area contributed by atoms with Gasteiger partial charge in [-0.15, -0.1) is 0 Å². The standard InChI is InChI=1S/C13H22BrF3N2/c14-9-12(3-1-2-4-12)10-18-5-7-19(8-6-18)11-13(15,16)17/h1-11H2. The van der Waals surface area contributed by atoms with Gasteiger partial charge in [0.15, 0.2) is 0 Å². The minimum Gasteiger partial charge on any atom is -0.300 e. The summed E-state index contributed by atoms with van der Waals surface area (Å²) in [6.45, 7) is 2.90. The highest BCUT2D eigenvalue weighted by atomic mass is 79.9. The van der Waals surface area contributed by atoms with Crippen LogP contribution >= 0.6 is 15.9 Å². The second-order valence-corrected chi connectivity index (χ2v) is 6.57. The Bertz CT molecular complexity index is 282. The van der Waals surface area contributed by atoms with E-state index in [0.29, 0.717) is 18.5 Å². The van der Waals surface area contributed by atoms with Crippen molar-refractivity contribution in [2.75, 3.05) is 44.6 Å². The van der Waals surface area contributed by atoms with Crippen molar-refractivity contribution in [3.63, 3.8) is 0 Å². The first-order valence-corrected chi connectivity index (χ1v) is 8.12. The summed E-state index contributed by atoms with van der Waals surface area (Å²) in [4.78, 5) is 3.87. The van der Waals surface area contributed by atoms with Gasteiger partial charge in [0.2, 0.25) is 0 Å². The third kappa shape index (κ3) is 4.60. The van der Waals surface area contributed by atoms with Gasteiger partial charge in [0.05, 0.1) is 6.54 Å². The first kappa shape index (κ1) is 15.6. The summed E-state index contributed by atoms with van der Waals surface area (Å²) in [6.07, 6.45) is 1.02. The molecule has 1 saturated heterocycles. The number of hydrogen-bond acceptors (Lipinski definition) is 2. The second kappa shape index (κ2) is 6.31. The fraction of sp³-hybridized carbons (Fsp3) is 1.00. The van der Waals surface area contributed by atoms with Crippen LogP contribution in [-0.4, -0.2) is 60.6 Å². The van der Waals surface area contributed by atoms with Crippen LogP contribution in [0.4, 0.5) is 13.2 Å². The summed E-state index contributed by atoms with van der Waals surface area (Å²) >= 11 is 3.63. The maximum Gasteiger partial charge on any atom is 0.401 e. The van der Waals surface area contributed by atoms with Gasteiger partial charge in [-0.1, -0.05) is 28.8 Å². The Labute approximate surface area is 121 Å². The highest BCUT2D eigenvalue weighted by Crippen LogP contribution is 2.40. The molecule has 0 aromatic heterocycles. The van der Waals surface area contributed by atoms with Crippen molar-refractivity contribution in [2.24, 2.45) is 5.41 Å². The first-order chi connectivity index (χ1) is 8.92. The summed E-state index contributed by atoms with van der Waals surface area (Å²) in [5.74, 6) is 0.